The molecular formula is C68H89FN14O19. The van der Waals surface area contributed by atoms with Gasteiger partial charge in [-0.1, -0.05) is 62.4 Å². The number of halogens is 1. The number of aryl methyl sites for hydroxylation is 4. The van der Waals surface area contributed by atoms with Gasteiger partial charge in [-0.05, 0) is 131 Å². The highest BCUT2D eigenvalue weighted by atomic mass is 19.1. The van der Waals surface area contributed by atoms with Crippen LogP contribution in [-0.4, -0.2) is 212 Å². The van der Waals surface area contributed by atoms with Gasteiger partial charge in [-0.25, -0.2) is 4.39 Å². The lowest BCUT2D eigenvalue weighted by Gasteiger charge is -2.39. The van der Waals surface area contributed by atoms with Crippen LogP contribution >= 0.6 is 0 Å². The summed E-state index contributed by atoms with van der Waals surface area (Å²) in [5, 5.41) is 52.7. The lowest BCUT2D eigenvalue weighted by atomic mass is 9.96. The minimum absolute atomic E-state index is 0.0123. The van der Waals surface area contributed by atoms with Gasteiger partial charge in [-0.15, -0.1) is 0 Å². The Morgan fingerprint density at radius 3 is 1.50 bits per heavy atom. The van der Waals surface area contributed by atoms with E-state index < -0.39 is 205 Å². The molecule has 12 atom stereocenters. The summed E-state index contributed by atoms with van der Waals surface area (Å²) in [5.41, 5.74) is 15.8. The highest BCUT2D eigenvalue weighted by molar-refractivity contribution is 6.03. The van der Waals surface area contributed by atoms with Crippen LogP contribution in [0.5, 0.6) is 0 Å². The largest absolute Gasteiger partial charge is 0.481 e. The number of piperidine rings is 1. The number of rotatable bonds is 20. The van der Waals surface area contributed by atoms with Crippen molar-refractivity contribution < 1.29 is 96.4 Å². The number of carbonyl (C=O) groups is 16. The molecule has 0 saturated carbocycles. The van der Waals surface area contributed by atoms with Crippen molar-refractivity contribution in [3.63, 3.8) is 0 Å². The third-order valence-corrected chi connectivity index (χ3v) is 17.7. The summed E-state index contributed by atoms with van der Waals surface area (Å²) < 4.78 is 13.4. The number of carbonyl (C=O) groups excluding carboxylic acids is 13. The van der Waals surface area contributed by atoms with Gasteiger partial charge in [-0.2, -0.15) is 0 Å². The first-order valence-electron chi connectivity index (χ1n) is 33.4. The van der Waals surface area contributed by atoms with Crippen LogP contribution in [0, 0.1) is 17.7 Å². The lowest BCUT2D eigenvalue weighted by molar-refractivity contribution is -0.149. The third-order valence-electron chi connectivity index (χ3n) is 17.7. The Hall–Kier alpha value is -10.9. The Morgan fingerprint density at radius 2 is 1.00 bits per heavy atom. The smallest absolute Gasteiger partial charge is 0.308 e. The number of hydrogen-bond acceptors (Lipinski definition) is 17. The van der Waals surface area contributed by atoms with E-state index in [1.165, 1.54) is 43.0 Å². The fourth-order valence-electron chi connectivity index (χ4n) is 11.8. The Bertz CT molecular complexity index is 3620. The Kier molecular flexibility index (Phi) is 29.4. The highest BCUT2D eigenvalue weighted by Crippen LogP contribution is 2.24. The van der Waals surface area contributed by atoms with Gasteiger partial charge in [0.05, 0.1) is 44.3 Å². The van der Waals surface area contributed by atoms with Crippen LogP contribution < -0.4 is 64.6 Å². The second-order valence-electron chi connectivity index (χ2n) is 25.9. The molecule has 0 aliphatic carbocycles. The van der Waals surface area contributed by atoms with Crippen molar-refractivity contribution in [2.24, 2.45) is 23.3 Å². The van der Waals surface area contributed by atoms with E-state index in [9.17, 15) is 91.6 Å². The summed E-state index contributed by atoms with van der Waals surface area (Å²) in [4.78, 5) is 221. The summed E-state index contributed by atoms with van der Waals surface area (Å²) in [6.07, 6.45) is -0.00569. The zero-order valence-electron chi connectivity index (χ0n) is 57.0. The number of carboxylic acid groups (broad SMARTS) is 3. The molecule has 13 amide bonds. The van der Waals surface area contributed by atoms with Crippen molar-refractivity contribution in [3.8, 4) is 0 Å². The summed E-state index contributed by atoms with van der Waals surface area (Å²) in [6.45, 7) is 4.34. The third kappa shape index (κ3) is 23.3. The molecule has 33 nitrogen and oxygen atoms in total. The molecule has 3 aromatic carbocycles. The van der Waals surface area contributed by atoms with Gasteiger partial charge in [0.2, 0.25) is 70.9 Å². The maximum absolute atomic E-state index is 15.4. The van der Waals surface area contributed by atoms with E-state index >= 15 is 4.79 Å². The molecule has 0 aromatic heterocycles. The van der Waals surface area contributed by atoms with Gasteiger partial charge in [0.25, 0.3) is 5.91 Å². The number of nitrogens with two attached hydrogens (primary N) is 2. The van der Waals surface area contributed by atoms with E-state index in [2.05, 4.69) is 42.5 Å². The number of nitrogens with one attached hydrogen (secondary N) is 10. The molecule has 17 N–H and O–H groups in total. The molecule has 0 spiro atoms. The molecule has 3 saturated heterocycles. The van der Waals surface area contributed by atoms with Crippen molar-refractivity contribution >= 4 is 94.7 Å². The number of hydrogen-bond donors (Lipinski definition) is 15. The van der Waals surface area contributed by atoms with Crippen molar-refractivity contribution in [1.82, 2.24) is 63.0 Å². The van der Waals surface area contributed by atoms with E-state index in [-0.39, 0.29) is 56.6 Å². The Balaban J connectivity index is 1.31. The lowest BCUT2D eigenvalue weighted by Crippen LogP contribution is -2.66. The number of fused-ring (bicyclic) bond motifs is 2. The number of nitrogens with zero attached hydrogens (tertiary/aromatic N) is 2. The normalized spacial score (nSPS) is 23.6. The van der Waals surface area contributed by atoms with E-state index in [0.717, 1.165) is 46.9 Å². The molecule has 3 aliphatic rings. The predicted octanol–water partition coefficient (Wildman–Crippen LogP) is -2.93. The minimum atomic E-state index is -2.16. The second kappa shape index (κ2) is 37.5. The number of carboxylic acids is 3. The van der Waals surface area contributed by atoms with Gasteiger partial charge in [0, 0.05) is 24.7 Å². The van der Waals surface area contributed by atoms with Crippen molar-refractivity contribution in [3.05, 3.63) is 106 Å². The standard InChI is InChI=1S/C68H89FN14O19/c1-34(2)54-66(99)83-28-8-10-48(83)62(95)74-37(5)57(81-61(94)44(29-49(71)84)76-58(91)42-23-19-40(20-24-42)17-15-38-11-13-39(14-12-38)16-18-41-21-25-43(69)26-22-41)67(100)82-27-7-6-9-47(82)63(96)80-55(35(3)68(101)102)64(97)77-46(31-53(89)90)60(93)72-32-50(85)75-45(30-52(87)88)59(92)73-33-51(86)78-56(36(4)70)65(98)79-54/h11-14,19-26,34-37,44-48,54-57H,6-10,15-18,27-33,70H2,1-5H3,(H2,71,84)(H,72,93)(H,73,92)(H,74,95)(H,75,85)(H,76,91)(H,77,97)(H,78,86)(H,79,98)(H,80,96)(H,81,94)(H,87,88)(H,89,90)(H,101,102)/t35?,36?,37-,44+,45?,46+,47-,48+,54+,55+,56-,57?/m1/s1. The quantitative estimate of drug-likeness (QED) is 0.0539. The first-order chi connectivity index (χ1) is 48.2. The van der Waals surface area contributed by atoms with E-state index in [1.807, 2.05) is 34.9 Å². The molecule has 3 aliphatic heterocycles. The molecule has 6 rings (SSSR count). The highest BCUT2D eigenvalue weighted by Gasteiger charge is 2.45. The number of primary amides is 1. The molecule has 3 heterocycles. The average molecular weight is 1430 g/mol. The van der Waals surface area contributed by atoms with E-state index in [1.54, 1.807) is 38.1 Å². The molecule has 3 fully saturated rings. The van der Waals surface area contributed by atoms with E-state index in [4.69, 9.17) is 11.5 Å². The zero-order chi connectivity index (χ0) is 75.2. The Morgan fingerprint density at radius 1 is 0.549 bits per heavy atom. The van der Waals surface area contributed by atoms with Crippen molar-refractivity contribution in [2.45, 2.75) is 178 Å². The Labute approximate surface area is 586 Å². The van der Waals surface area contributed by atoms with Crippen molar-refractivity contribution in [2.75, 3.05) is 26.2 Å². The molecule has 34 heteroatoms. The first kappa shape index (κ1) is 80.0. The summed E-state index contributed by atoms with van der Waals surface area (Å²) in [5.74, 6) is -22.5. The zero-order valence-corrected chi connectivity index (χ0v) is 57.0. The van der Waals surface area contributed by atoms with Crippen molar-refractivity contribution in [1.29, 1.82) is 0 Å². The van der Waals surface area contributed by atoms with Crippen LogP contribution in [0.15, 0.2) is 72.8 Å². The monoisotopic (exact) mass is 1420 g/mol. The molecule has 0 bridgehead atoms. The molecule has 102 heavy (non-hydrogen) atoms. The van der Waals surface area contributed by atoms with Gasteiger partial charge >= 0.3 is 17.9 Å². The fourth-order valence-corrected chi connectivity index (χ4v) is 11.8. The van der Waals surface area contributed by atoms with Crippen LogP contribution in [0.3, 0.4) is 0 Å². The van der Waals surface area contributed by atoms with Crippen LogP contribution in [-0.2, 0) is 97.6 Å². The second-order valence-corrected chi connectivity index (χ2v) is 25.9. The first-order valence-corrected chi connectivity index (χ1v) is 33.4. The number of amides is 13. The molecule has 552 valence electrons. The van der Waals surface area contributed by atoms with Gasteiger partial charge in [0.15, 0.2) is 0 Å². The van der Waals surface area contributed by atoms with E-state index in [0.29, 0.717) is 12.8 Å². The fraction of sp³-hybridized carbons (Fsp3) is 0.500. The average Bonchev–Trinajstić information content (AvgIpc) is 1.30. The SMILES string of the molecule is CC(C)[C@@H]1NC(=O)[C@@H](C(C)N)NC(=O)CNC(=O)C(CC(=O)O)NC(=O)CNC(=O)[C@H](CC(=O)O)NC(=O)[C@H](C(C)C(=O)O)NC(=O)[C@H]2CCCCN2C(=O)C(NC(=O)[C@H](CC(N)=O)NC(=O)c2ccc(CCc3ccc(CCc4ccc(F)cc4)cc3)cc2)[C@@H](C)NC(=O)[C@@H]2CCCN2C1=O. The van der Waals surface area contributed by atoms with Crippen LogP contribution in [0.2, 0.25) is 0 Å². The maximum atomic E-state index is 15.4. The summed E-state index contributed by atoms with van der Waals surface area (Å²) in [6, 6.07) is 2.15. The number of aliphatic carboxylic acids is 3. The van der Waals surface area contributed by atoms with Gasteiger partial charge in [-0.3, -0.25) is 76.7 Å². The maximum Gasteiger partial charge on any atom is 0.308 e. The summed E-state index contributed by atoms with van der Waals surface area (Å²) in [7, 11) is 0. The number of benzene rings is 3. The minimum Gasteiger partial charge on any atom is -0.481 e. The molecular weight excluding hydrogens is 1340 g/mol. The van der Waals surface area contributed by atoms with Crippen LogP contribution in [0.1, 0.15) is 119 Å². The molecule has 4 unspecified atom stereocenters. The van der Waals surface area contributed by atoms with Gasteiger partial charge in [0.1, 0.15) is 60.2 Å². The van der Waals surface area contributed by atoms with Crippen LogP contribution in [0.4, 0.5) is 4.39 Å². The predicted molar refractivity (Wildman–Crippen MR) is 358 cm³/mol. The van der Waals surface area contributed by atoms with Gasteiger partial charge < -0.3 is 89.8 Å². The van der Waals surface area contributed by atoms with Crippen LogP contribution in [0.25, 0.3) is 0 Å². The summed E-state index contributed by atoms with van der Waals surface area (Å²) >= 11 is 0. The molecule has 3 aromatic rings. The topological polar surface area (TPSA) is 513 Å². The molecule has 0 radical (unpaired) electrons.